The molecule has 2 aromatic rings. The third-order valence-electron chi connectivity index (χ3n) is 3.19. The van der Waals surface area contributed by atoms with E-state index in [0.29, 0.717) is 0 Å². The van der Waals surface area contributed by atoms with Crippen LogP contribution < -0.4 is 10.6 Å². The van der Waals surface area contributed by atoms with Crippen molar-refractivity contribution in [3.63, 3.8) is 0 Å². The molecular formula is C16H26IN5. The van der Waals surface area contributed by atoms with Crippen LogP contribution in [0.1, 0.15) is 26.6 Å². The average Bonchev–Trinajstić information content (AvgIpc) is 2.72. The van der Waals surface area contributed by atoms with Crippen LogP contribution in [0.5, 0.6) is 0 Å². The molecule has 22 heavy (non-hydrogen) atoms. The van der Waals surface area contributed by atoms with Crippen molar-refractivity contribution in [3.05, 3.63) is 30.1 Å². The zero-order valence-electron chi connectivity index (χ0n) is 14.0. The van der Waals surface area contributed by atoms with Gasteiger partial charge in [0.1, 0.15) is 5.82 Å². The minimum atomic E-state index is -0.000534. The van der Waals surface area contributed by atoms with E-state index in [2.05, 4.69) is 52.0 Å². The molecule has 0 fully saturated rings. The van der Waals surface area contributed by atoms with Gasteiger partial charge in [-0.2, -0.15) is 0 Å². The maximum atomic E-state index is 4.58. The first kappa shape index (κ1) is 18.7. The molecule has 0 radical (unpaired) electrons. The molecule has 1 aromatic heterocycles. The Labute approximate surface area is 149 Å². The largest absolute Gasteiger partial charge is 0.355 e. The van der Waals surface area contributed by atoms with Crippen molar-refractivity contribution in [3.8, 4) is 0 Å². The van der Waals surface area contributed by atoms with Crippen molar-refractivity contribution in [2.45, 2.75) is 39.8 Å². The SMILES string of the molecule is CN=C(NCCn1c(C)nc2ccccc21)NC(C)(C)C.I. The summed E-state index contributed by atoms with van der Waals surface area (Å²) in [4.78, 5) is 8.83. The number of aromatic nitrogens is 2. The average molecular weight is 415 g/mol. The van der Waals surface area contributed by atoms with Gasteiger partial charge in [0, 0.05) is 25.7 Å². The lowest BCUT2D eigenvalue weighted by atomic mass is 10.1. The smallest absolute Gasteiger partial charge is 0.191 e. The summed E-state index contributed by atoms with van der Waals surface area (Å²) in [6.45, 7) is 10.1. The molecule has 0 spiro atoms. The fourth-order valence-electron chi connectivity index (χ4n) is 2.30. The first-order valence-corrected chi connectivity index (χ1v) is 7.31. The van der Waals surface area contributed by atoms with Crippen molar-refractivity contribution in [1.82, 2.24) is 20.2 Å². The number of nitrogens with one attached hydrogen (secondary N) is 2. The lowest BCUT2D eigenvalue weighted by Gasteiger charge is -2.23. The Bertz CT molecular complexity index is 640. The number of benzene rings is 1. The topological polar surface area (TPSA) is 54.2 Å². The third-order valence-corrected chi connectivity index (χ3v) is 3.19. The zero-order valence-corrected chi connectivity index (χ0v) is 16.3. The summed E-state index contributed by atoms with van der Waals surface area (Å²) in [5.74, 6) is 1.86. The number of imidazole rings is 1. The first-order chi connectivity index (χ1) is 9.90. The number of rotatable bonds is 3. The van der Waals surface area contributed by atoms with Gasteiger partial charge in [-0.15, -0.1) is 24.0 Å². The number of aryl methyl sites for hydroxylation is 1. The fourth-order valence-corrected chi connectivity index (χ4v) is 2.30. The molecule has 5 nitrogen and oxygen atoms in total. The van der Waals surface area contributed by atoms with Gasteiger partial charge in [0.15, 0.2) is 5.96 Å². The summed E-state index contributed by atoms with van der Waals surface area (Å²) in [6.07, 6.45) is 0. The van der Waals surface area contributed by atoms with Gasteiger partial charge < -0.3 is 15.2 Å². The Morgan fingerprint density at radius 3 is 2.59 bits per heavy atom. The highest BCUT2D eigenvalue weighted by Gasteiger charge is 2.12. The van der Waals surface area contributed by atoms with Crippen molar-refractivity contribution in [2.24, 2.45) is 4.99 Å². The van der Waals surface area contributed by atoms with Gasteiger partial charge in [0.05, 0.1) is 11.0 Å². The summed E-state index contributed by atoms with van der Waals surface area (Å²) in [5, 5.41) is 6.70. The molecular weight excluding hydrogens is 389 g/mol. The molecule has 1 aromatic carbocycles. The van der Waals surface area contributed by atoms with E-state index >= 15 is 0 Å². The van der Waals surface area contributed by atoms with Gasteiger partial charge in [0.2, 0.25) is 0 Å². The van der Waals surface area contributed by atoms with Gasteiger partial charge in [-0.1, -0.05) is 12.1 Å². The number of halogens is 1. The molecule has 0 saturated heterocycles. The summed E-state index contributed by atoms with van der Waals surface area (Å²) >= 11 is 0. The predicted octanol–water partition coefficient (Wildman–Crippen LogP) is 2.93. The van der Waals surface area contributed by atoms with Gasteiger partial charge in [-0.25, -0.2) is 4.98 Å². The Morgan fingerprint density at radius 1 is 1.27 bits per heavy atom. The molecule has 122 valence electrons. The van der Waals surface area contributed by atoms with Gasteiger partial charge in [-0.3, -0.25) is 4.99 Å². The molecule has 1 heterocycles. The lowest BCUT2D eigenvalue weighted by Crippen LogP contribution is -2.48. The molecule has 0 bridgehead atoms. The molecule has 2 N–H and O–H groups in total. The second-order valence-electron chi connectivity index (χ2n) is 6.17. The molecule has 0 amide bonds. The summed E-state index contributed by atoms with van der Waals surface area (Å²) in [7, 11) is 1.79. The van der Waals surface area contributed by atoms with Crippen LogP contribution in [-0.4, -0.2) is 34.6 Å². The van der Waals surface area contributed by atoms with Crippen LogP contribution in [0, 0.1) is 6.92 Å². The molecule has 0 atom stereocenters. The van der Waals surface area contributed by atoms with Crippen LogP contribution >= 0.6 is 24.0 Å². The van der Waals surface area contributed by atoms with Gasteiger partial charge >= 0.3 is 0 Å². The molecule has 0 aliphatic heterocycles. The Kier molecular flexibility index (Phi) is 6.65. The summed E-state index contributed by atoms with van der Waals surface area (Å²) in [6, 6.07) is 8.23. The van der Waals surface area contributed by atoms with E-state index in [0.717, 1.165) is 30.4 Å². The fraction of sp³-hybridized carbons (Fsp3) is 0.500. The van der Waals surface area contributed by atoms with Crippen LogP contribution in [0.15, 0.2) is 29.3 Å². The zero-order chi connectivity index (χ0) is 15.5. The maximum Gasteiger partial charge on any atom is 0.191 e. The van der Waals surface area contributed by atoms with E-state index in [1.165, 1.54) is 5.52 Å². The van der Waals surface area contributed by atoms with Crippen LogP contribution in [0.3, 0.4) is 0 Å². The number of fused-ring (bicyclic) bond motifs is 1. The quantitative estimate of drug-likeness (QED) is 0.461. The van der Waals surface area contributed by atoms with E-state index in [1.54, 1.807) is 7.05 Å². The molecule has 6 heteroatoms. The lowest BCUT2D eigenvalue weighted by molar-refractivity contribution is 0.499. The van der Waals surface area contributed by atoms with Crippen molar-refractivity contribution in [2.75, 3.05) is 13.6 Å². The Balaban J connectivity index is 0.00000242. The Hall–Kier alpha value is -1.31. The van der Waals surface area contributed by atoms with E-state index in [1.807, 2.05) is 25.1 Å². The van der Waals surface area contributed by atoms with Crippen LogP contribution in [0.4, 0.5) is 0 Å². The molecule has 0 aliphatic rings. The minimum absolute atomic E-state index is 0. The number of nitrogens with zero attached hydrogens (tertiary/aromatic N) is 3. The van der Waals surface area contributed by atoms with Crippen molar-refractivity contribution >= 4 is 41.0 Å². The molecule has 0 aliphatic carbocycles. The van der Waals surface area contributed by atoms with Crippen LogP contribution in [0.25, 0.3) is 11.0 Å². The number of hydrogen-bond donors (Lipinski definition) is 2. The van der Waals surface area contributed by atoms with Crippen LogP contribution in [-0.2, 0) is 6.54 Å². The monoisotopic (exact) mass is 415 g/mol. The first-order valence-electron chi connectivity index (χ1n) is 7.31. The maximum absolute atomic E-state index is 4.58. The van der Waals surface area contributed by atoms with Crippen molar-refractivity contribution < 1.29 is 0 Å². The van der Waals surface area contributed by atoms with Crippen LogP contribution in [0.2, 0.25) is 0 Å². The highest BCUT2D eigenvalue weighted by atomic mass is 127. The highest BCUT2D eigenvalue weighted by Crippen LogP contribution is 2.14. The van der Waals surface area contributed by atoms with E-state index < -0.39 is 0 Å². The standard InChI is InChI=1S/C16H25N5.HI/c1-12-19-13-8-6-7-9-14(13)21(12)11-10-18-15(17-5)20-16(2,3)4;/h6-9H,10-11H2,1-5H3,(H2,17,18,20);1H. The molecule has 0 saturated carbocycles. The second kappa shape index (κ2) is 7.80. The molecule has 0 unspecified atom stereocenters. The number of aliphatic imine (C=N–C) groups is 1. The third kappa shape index (κ3) is 4.86. The van der Waals surface area contributed by atoms with E-state index in [9.17, 15) is 0 Å². The number of hydrogen-bond acceptors (Lipinski definition) is 2. The van der Waals surface area contributed by atoms with Crippen molar-refractivity contribution in [1.29, 1.82) is 0 Å². The van der Waals surface area contributed by atoms with Gasteiger partial charge in [0.25, 0.3) is 0 Å². The molecule has 2 rings (SSSR count). The predicted molar refractivity (Wildman–Crippen MR) is 104 cm³/mol. The summed E-state index contributed by atoms with van der Waals surface area (Å²) in [5.41, 5.74) is 2.22. The van der Waals surface area contributed by atoms with E-state index in [-0.39, 0.29) is 29.5 Å². The summed E-state index contributed by atoms with van der Waals surface area (Å²) < 4.78 is 2.23. The number of para-hydroxylation sites is 2. The van der Waals surface area contributed by atoms with Gasteiger partial charge in [-0.05, 0) is 39.8 Å². The Morgan fingerprint density at radius 2 is 1.95 bits per heavy atom. The second-order valence-corrected chi connectivity index (χ2v) is 6.17. The minimum Gasteiger partial charge on any atom is -0.355 e. The number of guanidine groups is 1. The highest BCUT2D eigenvalue weighted by molar-refractivity contribution is 14.0. The normalized spacial score (nSPS) is 12.1. The van der Waals surface area contributed by atoms with E-state index in [4.69, 9.17) is 0 Å².